The summed E-state index contributed by atoms with van der Waals surface area (Å²) < 4.78 is 2.93. The van der Waals surface area contributed by atoms with Gasteiger partial charge in [-0.2, -0.15) is 0 Å². The Morgan fingerprint density at radius 1 is 0.582 bits per heavy atom. The van der Waals surface area contributed by atoms with Crippen LogP contribution in [0.4, 0.5) is 0 Å². The average molecular weight is 885 g/mol. The third-order valence-electron chi connectivity index (χ3n) is 13.6. The van der Waals surface area contributed by atoms with Gasteiger partial charge < -0.3 is 0 Å². The van der Waals surface area contributed by atoms with Crippen LogP contribution < -0.4 is 0 Å². The first-order valence-electron chi connectivity index (χ1n) is 20.8. The predicted molar refractivity (Wildman–Crippen MR) is 250 cm³/mol. The van der Waals surface area contributed by atoms with Gasteiger partial charge in [-0.25, -0.2) is 0 Å². The van der Waals surface area contributed by atoms with Crippen molar-refractivity contribution < 1.29 is 16.2 Å². The molecule has 0 aliphatic heterocycles. The van der Waals surface area contributed by atoms with Gasteiger partial charge in [0.05, 0.1) is 0 Å². The fraction of sp³-hybridized carbons (Fsp3) is 0.417. The summed E-state index contributed by atoms with van der Waals surface area (Å²) in [5.74, 6) is 0.694. The van der Waals surface area contributed by atoms with Crippen LogP contribution in [0, 0.1) is 39.5 Å². The summed E-state index contributed by atoms with van der Waals surface area (Å²) >= 11 is -5.38. The van der Waals surface area contributed by atoms with E-state index < -0.39 is 32.6 Å². The van der Waals surface area contributed by atoms with Crippen LogP contribution in [-0.2, 0) is 16.2 Å². The molecular weight excluding hydrogens is 820 g/mol. The Morgan fingerprint density at radius 2 is 0.927 bits per heavy atom. The molecule has 0 fully saturated rings. The molecule has 55 heavy (non-hydrogen) atoms. The fourth-order valence-corrected chi connectivity index (χ4v) is 52.5. The van der Waals surface area contributed by atoms with Gasteiger partial charge in [-0.05, 0) is 0 Å². The third-order valence-corrected chi connectivity index (χ3v) is 40.5. The van der Waals surface area contributed by atoms with E-state index in [9.17, 15) is 17.0 Å². The standard InChI is InChI=1S/2C21H23.C6H19BNSi2.2ClH.Zr/c2*1-5-14(2)18-12-17-9-7-11-20(21(17)13-18)19-10-6-8-15(3)16(19)4;1-9(2,3)8(7)10(4,5)6;;;/h2*6-14H,5H2,1-4H3;7H,1-6H3;2*1H;/q;;+1;;;+1/p-2. The minimum atomic E-state index is -5.38. The molecule has 0 amide bonds. The monoisotopic (exact) mass is 882 g/mol. The molecule has 4 aromatic rings. The Morgan fingerprint density at radius 3 is 1.27 bits per heavy atom. The van der Waals surface area contributed by atoms with Crippen molar-refractivity contribution in [2.45, 2.75) is 115 Å². The van der Waals surface area contributed by atoms with Gasteiger partial charge in [-0.1, -0.05) is 0 Å². The number of allylic oxidation sites excluding steroid dienone is 2. The molecule has 4 aromatic carbocycles. The molecule has 4 atom stereocenters. The van der Waals surface area contributed by atoms with E-state index in [0.717, 1.165) is 17.8 Å². The Bertz CT molecular complexity index is 2040. The number of benzene rings is 4. The molecule has 0 N–H and O–H groups in total. The predicted octanol–water partition coefficient (Wildman–Crippen LogP) is 15.2. The number of aryl methyl sites for hydroxylation is 2. The average Bonchev–Trinajstić information content (AvgIpc) is 3.73. The van der Waals surface area contributed by atoms with Crippen LogP contribution >= 0.6 is 17.0 Å². The molecule has 0 aromatic heterocycles. The Balaban J connectivity index is 1.74. The number of hydrogen-bond donors (Lipinski definition) is 0. The zero-order valence-electron chi connectivity index (χ0n) is 36.2. The van der Waals surface area contributed by atoms with Crippen molar-refractivity contribution in [1.29, 1.82) is 0 Å². The number of nitrogens with zero attached hydrogens (tertiary/aromatic N) is 1. The first-order chi connectivity index (χ1) is 25.6. The molecule has 2 aliphatic rings. The molecule has 2 aliphatic carbocycles. The molecular formula is C48H65BCl2NSi2Zr. The molecule has 0 spiro atoms. The number of rotatable bonds is 12. The van der Waals surface area contributed by atoms with Crippen molar-refractivity contribution in [2.75, 3.05) is 0 Å². The summed E-state index contributed by atoms with van der Waals surface area (Å²) in [5.41, 5.74) is 18.9. The van der Waals surface area contributed by atoms with Crippen LogP contribution in [0.5, 0.6) is 0 Å². The van der Waals surface area contributed by atoms with Gasteiger partial charge in [0, 0.05) is 0 Å². The summed E-state index contributed by atoms with van der Waals surface area (Å²) in [5, 5.41) is 0. The molecule has 0 bridgehead atoms. The minimum absolute atomic E-state index is 0.0113. The van der Waals surface area contributed by atoms with Gasteiger partial charge in [-0.15, -0.1) is 0 Å². The SMILES string of the molecule is CCC(C)C1=Cc2c(-c3cccc(C)c3C)cccc2[CH]1[Zr]([Cl])([Cl])([BH]N([Si](C)(C)C)[Si](C)(C)C)[CH]1C(C(C)CC)=Cc2c(-c3cccc(C)c3C)cccc21. The van der Waals surface area contributed by atoms with Crippen LogP contribution in [0.3, 0.4) is 0 Å². The van der Waals surface area contributed by atoms with Crippen LogP contribution in [-0.4, -0.2) is 25.6 Å². The number of fused-ring (bicyclic) bond motifs is 2. The van der Waals surface area contributed by atoms with E-state index in [1.165, 1.54) is 77.9 Å². The molecule has 0 saturated heterocycles. The van der Waals surface area contributed by atoms with Crippen LogP contribution in [0.15, 0.2) is 83.9 Å². The van der Waals surface area contributed by atoms with Crippen molar-refractivity contribution in [3.63, 3.8) is 0 Å². The molecule has 7 heteroatoms. The number of hydrogen-bond acceptors (Lipinski definition) is 1. The van der Waals surface area contributed by atoms with Crippen LogP contribution in [0.1, 0.15) is 92.3 Å². The zero-order chi connectivity index (χ0) is 40.4. The summed E-state index contributed by atoms with van der Waals surface area (Å²) in [6, 6.07) is 27.6. The second-order valence-electron chi connectivity index (χ2n) is 19.2. The Kier molecular flexibility index (Phi) is 12.1. The van der Waals surface area contributed by atoms with E-state index in [1.54, 1.807) is 0 Å². The van der Waals surface area contributed by atoms with E-state index >= 15 is 0 Å². The number of halogens is 2. The van der Waals surface area contributed by atoms with E-state index in [-0.39, 0.29) is 7.25 Å². The Labute approximate surface area is 345 Å². The normalized spacial score (nSPS) is 19.0. The molecule has 1 nitrogen and oxygen atoms in total. The first kappa shape index (κ1) is 42.9. The zero-order valence-corrected chi connectivity index (χ0v) is 42.2. The molecule has 6 rings (SSSR count). The van der Waals surface area contributed by atoms with Gasteiger partial charge in [0.25, 0.3) is 0 Å². The van der Waals surface area contributed by atoms with Crippen LogP contribution in [0.25, 0.3) is 34.4 Å². The van der Waals surface area contributed by atoms with Gasteiger partial charge in [0.15, 0.2) is 0 Å². The quantitative estimate of drug-likeness (QED) is 0.128. The topological polar surface area (TPSA) is 3.24 Å². The Hall–Kier alpha value is -1.72. The fourth-order valence-electron chi connectivity index (χ4n) is 10.2. The molecule has 4 unspecified atom stereocenters. The second-order valence-corrected chi connectivity index (χ2v) is 51.3. The van der Waals surface area contributed by atoms with Crippen molar-refractivity contribution in [3.05, 3.63) is 128 Å². The van der Waals surface area contributed by atoms with Crippen LogP contribution in [0.2, 0.25) is 39.3 Å². The molecule has 0 heterocycles. The first-order valence-corrected chi connectivity index (χ1v) is 38.6. The van der Waals surface area contributed by atoms with E-state index in [0.29, 0.717) is 11.8 Å². The van der Waals surface area contributed by atoms with E-state index in [2.05, 4.69) is 184 Å². The van der Waals surface area contributed by atoms with E-state index in [1.807, 2.05) is 0 Å². The summed E-state index contributed by atoms with van der Waals surface area (Å²) in [4.78, 5) is 0.813. The molecule has 291 valence electrons. The molecule has 0 saturated carbocycles. The summed E-state index contributed by atoms with van der Waals surface area (Å²) in [7, 11) is 14.7. The van der Waals surface area contributed by atoms with Gasteiger partial charge in [0.1, 0.15) is 0 Å². The summed E-state index contributed by atoms with van der Waals surface area (Å²) in [6.45, 7) is 33.7. The van der Waals surface area contributed by atoms with Crippen molar-refractivity contribution >= 4 is 50.6 Å². The molecule has 0 radical (unpaired) electrons. The third kappa shape index (κ3) is 7.55. The van der Waals surface area contributed by atoms with E-state index in [4.69, 9.17) is 0 Å². The summed E-state index contributed by atoms with van der Waals surface area (Å²) in [6.07, 6.45) is 7.22. The van der Waals surface area contributed by atoms with Gasteiger partial charge in [0.2, 0.25) is 0 Å². The second kappa shape index (κ2) is 15.5. The van der Waals surface area contributed by atoms with Gasteiger partial charge >= 0.3 is 348 Å². The van der Waals surface area contributed by atoms with Gasteiger partial charge in [-0.3, -0.25) is 0 Å². The van der Waals surface area contributed by atoms with Crippen molar-refractivity contribution in [2.24, 2.45) is 11.8 Å². The maximum atomic E-state index is 9.27. The maximum absolute atomic E-state index is 9.27. The van der Waals surface area contributed by atoms with Crippen molar-refractivity contribution in [3.8, 4) is 22.3 Å². The van der Waals surface area contributed by atoms with Crippen molar-refractivity contribution in [1.82, 2.24) is 4.14 Å².